The summed E-state index contributed by atoms with van der Waals surface area (Å²) >= 11 is 0. The molecule has 0 radical (unpaired) electrons. The van der Waals surface area contributed by atoms with Gasteiger partial charge < -0.3 is 10.6 Å². The molecule has 2 N–H and O–H groups in total. The Labute approximate surface area is 109 Å². The lowest BCUT2D eigenvalue weighted by molar-refractivity contribution is 0.133. The van der Waals surface area contributed by atoms with Crippen LogP contribution in [0.3, 0.4) is 0 Å². The van der Waals surface area contributed by atoms with E-state index < -0.39 is 0 Å². The Bertz CT molecular complexity index is 407. The molecule has 3 heterocycles. The van der Waals surface area contributed by atoms with Gasteiger partial charge in [-0.1, -0.05) is 12.5 Å². The van der Waals surface area contributed by atoms with Crippen LogP contribution in [0.15, 0.2) is 18.3 Å². The molecule has 1 aromatic rings. The van der Waals surface area contributed by atoms with E-state index in [-0.39, 0.29) is 0 Å². The van der Waals surface area contributed by atoms with Gasteiger partial charge in [0.2, 0.25) is 0 Å². The van der Waals surface area contributed by atoms with Crippen molar-refractivity contribution < 1.29 is 0 Å². The number of hydrogen-bond acceptors (Lipinski definition) is 4. The highest BCUT2D eigenvalue weighted by molar-refractivity contribution is 5.47. The fraction of sp³-hybridized carbons (Fsp3) is 0.643. The Morgan fingerprint density at radius 1 is 1.28 bits per heavy atom. The zero-order valence-corrected chi connectivity index (χ0v) is 10.9. The summed E-state index contributed by atoms with van der Waals surface area (Å²) in [7, 11) is 0. The predicted molar refractivity (Wildman–Crippen MR) is 73.6 cm³/mol. The lowest BCUT2D eigenvalue weighted by atomic mass is 9.99. The van der Waals surface area contributed by atoms with E-state index >= 15 is 0 Å². The predicted octanol–water partition coefficient (Wildman–Crippen LogP) is 1.21. The number of hydrogen-bond donors (Lipinski definition) is 1. The van der Waals surface area contributed by atoms with Crippen LogP contribution < -0.4 is 10.6 Å². The maximum atomic E-state index is 5.81. The molecule has 18 heavy (non-hydrogen) atoms. The van der Waals surface area contributed by atoms with Crippen molar-refractivity contribution in [3.63, 3.8) is 0 Å². The molecule has 2 saturated heterocycles. The van der Waals surface area contributed by atoms with E-state index in [9.17, 15) is 0 Å². The van der Waals surface area contributed by atoms with Crippen LogP contribution in [0.25, 0.3) is 0 Å². The molecule has 4 heteroatoms. The minimum Gasteiger partial charge on any atom is -0.353 e. The van der Waals surface area contributed by atoms with Gasteiger partial charge in [0.1, 0.15) is 5.82 Å². The van der Waals surface area contributed by atoms with Crippen molar-refractivity contribution in [3.05, 3.63) is 23.9 Å². The number of anilines is 1. The number of fused-ring (bicyclic) bond motifs is 1. The van der Waals surface area contributed by atoms with E-state index in [1.807, 2.05) is 12.3 Å². The molecule has 0 aromatic carbocycles. The number of nitrogens with two attached hydrogens (primary N) is 1. The van der Waals surface area contributed by atoms with Crippen molar-refractivity contribution in [1.29, 1.82) is 0 Å². The second kappa shape index (κ2) is 5.24. The molecule has 1 aromatic heterocycles. The summed E-state index contributed by atoms with van der Waals surface area (Å²) in [5.41, 5.74) is 6.98. The first-order valence-corrected chi connectivity index (χ1v) is 7.01. The van der Waals surface area contributed by atoms with Gasteiger partial charge in [-0.3, -0.25) is 4.90 Å². The van der Waals surface area contributed by atoms with Crippen molar-refractivity contribution in [1.82, 2.24) is 9.88 Å². The summed E-state index contributed by atoms with van der Waals surface area (Å²) < 4.78 is 0. The fourth-order valence-corrected chi connectivity index (χ4v) is 3.22. The molecule has 2 fully saturated rings. The standard InChI is InChI=1S/C14H22N4/c15-10-12-4-3-6-16-14(12)18-9-8-17-7-2-1-5-13(17)11-18/h3-4,6,13H,1-2,5,7-11,15H2. The summed E-state index contributed by atoms with van der Waals surface area (Å²) in [6.45, 7) is 5.23. The first-order valence-electron chi connectivity index (χ1n) is 7.01. The van der Waals surface area contributed by atoms with E-state index in [4.69, 9.17) is 5.73 Å². The van der Waals surface area contributed by atoms with Gasteiger partial charge in [-0.05, 0) is 25.5 Å². The lowest BCUT2D eigenvalue weighted by Crippen LogP contribution is -2.55. The molecule has 98 valence electrons. The van der Waals surface area contributed by atoms with Crippen LogP contribution in [0.1, 0.15) is 24.8 Å². The lowest BCUT2D eigenvalue weighted by Gasteiger charge is -2.44. The molecule has 0 amide bonds. The third-order valence-corrected chi connectivity index (χ3v) is 4.22. The van der Waals surface area contributed by atoms with Crippen LogP contribution in [-0.4, -0.2) is 42.1 Å². The zero-order chi connectivity index (χ0) is 12.4. The number of nitrogens with zero attached hydrogens (tertiary/aromatic N) is 3. The van der Waals surface area contributed by atoms with Crippen LogP contribution in [0.2, 0.25) is 0 Å². The molecule has 0 aliphatic carbocycles. The molecular weight excluding hydrogens is 224 g/mol. The van der Waals surface area contributed by atoms with Gasteiger partial charge in [0.25, 0.3) is 0 Å². The summed E-state index contributed by atoms with van der Waals surface area (Å²) in [6.07, 6.45) is 5.96. The van der Waals surface area contributed by atoms with Gasteiger partial charge in [-0.15, -0.1) is 0 Å². The van der Waals surface area contributed by atoms with Crippen LogP contribution in [0, 0.1) is 0 Å². The highest BCUT2D eigenvalue weighted by atomic mass is 15.3. The van der Waals surface area contributed by atoms with Crippen molar-refractivity contribution in [2.45, 2.75) is 31.8 Å². The molecule has 3 rings (SSSR count). The maximum absolute atomic E-state index is 5.81. The van der Waals surface area contributed by atoms with Gasteiger partial charge >= 0.3 is 0 Å². The van der Waals surface area contributed by atoms with Gasteiger partial charge in [-0.25, -0.2) is 4.98 Å². The maximum Gasteiger partial charge on any atom is 0.133 e. The molecule has 0 saturated carbocycles. The molecule has 1 unspecified atom stereocenters. The number of aromatic nitrogens is 1. The summed E-state index contributed by atoms with van der Waals surface area (Å²) in [5, 5.41) is 0. The van der Waals surface area contributed by atoms with Gasteiger partial charge in [0.05, 0.1) is 0 Å². The highest BCUT2D eigenvalue weighted by Gasteiger charge is 2.29. The van der Waals surface area contributed by atoms with Crippen molar-refractivity contribution in [2.75, 3.05) is 31.1 Å². The Morgan fingerprint density at radius 3 is 3.11 bits per heavy atom. The van der Waals surface area contributed by atoms with Crippen molar-refractivity contribution >= 4 is 5.82 Å². The topological polar surface area (TPSA) is 45.4 Å². The molecule has 1 atom stereocenters. The average Bonchev–Trinajstić information content (AvgIpc) is 2.46. The van der Waals surface area contributed by atoms with E-state index in [1.54, 1.807) is 0 Å². The molecule has 4 nitrogen and oxygen atoms in total. The first-order chi connectivity index (χ1) is 8.88. The first kappa shape index (κ1) is 11.9. The third-order valence-electron chi connectivity index (χ3n) is 4.22. The zero-order valence-electron chi connectivity index (χ0n) is 10.9. The monoisotopic (exact) mass is 246 g/mol. The molecule has 0 bridgehead atoms. The number of rotatable bonds is 2. The Kier molecular flexibility index (Phi) is 3.48. The fourth-order valence-electron chi connectivity index (χ4n) is 3.22. The minimum atomic E-state index is 0.577. The van der Waals surface area contributed by atoms with Crippen molar-refractivity contribution in [3.8, 4) is 0 Å². The van der Waals surface area contributed by atoms with Crippen LogP contribution in [0.4, 0.5) is 5.82 Å². The smallest absolute Gasteiger partial charge is 0.133 e. The molecule has 0 spiro atoms. The SMILES string of the molecule is NCc1cccnc1N1CCN2CCCCC2C1. The normalized spacial score (nSPS) is 24.9. The third kappa shape index (κ3) is 2.22. The van der Waals surface area contributed by atoms with Crippen LogP contribution in [-0.2, 0) is 6.54 Å². The van der Waals surface area contributed by atoms with E-state index in [0.29, 0.717) is 6.54 Å². The molecular formula is C14H22N4. The van der Waals surface area contributed by atoms with Gasteiger partial charge in [0, 0.05) is 44.0 Å². The summed E-state index contributed by atoms with van der Waals surface area (Å²) in [6, 6.07) is 4.79. The number of piperazine rings is 1. The van der Waals surface area contributed by atoms with Crippen LogP contribution >= 0.6 is 0 Å². The Morgan fingerprint density at radius 2 is 2.22 bits per heavy atom. The minimum absolute atomic E-state index is 0.577. The van der Waals surface area contributed by atoms with E-state index in [0.717, 1.165) is 24.9 Å². The summed E-state index contributed by atoms with van der Waals surface area (Å²) in [5.74, 6) is 1.10. The molecule has 2 aliphatic heterocycles. The van der Waals surface area contributed by atoms with Gasteiger partial charge in [-0.2, -0.15) is 0 Å². The van der Waals surface area contributed by atoms with E-state index in [1.165, 1.54) is 37.9 Å². The largest absolute Gasteiger partial charge is 0.353 e. The number of pyridine rings is 1. The second-order valence-electron chi connectivity index (χ2n) is 5.32. The quantitative estimate of drug-likeness (QED) is 0.852. The average molecular weight is 246 g/mol. The summed E-state index contributed by atoms with van der Waals surface area (Å²) in [4.78, 5) is 9.61. The molecule has 2 aliphatic rings. The Hall–Kier alpha value is -1.13. The number of piperidine rings is 1. The highest BCUT2D eigenvalue weighted by Crippen LogP contribution is 2.25. The second-order valence-corrected chi connectivity index (χ2v) is 5.32. The van der Waals surface area contributed by atoms with E-state index in [2.05, 4.69) is 20.9 Å². The van der Waals surface area contributed by atoms with Gasteiger partial charge in [0.15, 0.2) is 0 Å². The Balaban J connectivity index is 1.77. The van der Waals surface area contributed by atoms with Crippen LogP contribution in [0.5, 0.6) is 0 Å². The van der Waals surface area contributed by atoms with Crippen molar-refractivity contribution in [2.24, 2.45) is 5.73 Å².